The molecular weight excluding hydrogens is 231 g/mol. The van der Waals surface area contributed by atoms with E-state index in [0.29, 0.717) is 0 Å². The minimum atomic E-state index is -0.698. The van der Waals surface area contributed by atoms with Crippen molar-refractivity contribution in [1.29, 1.82) is 0 Å². The number of amides is 1. The van der Waals surface area contributed by atoms with Crippen molar-refractivity contribution in [3.63, 3.8) is 0 Å². The zero-order valence-electron chi connectivity index (χ0n) is 8.41. The number of nitrogens with zero attached hydrogens (tertiary/aromatic N) is 1. The summed E-state index contributed by atoms with van der Waals surface area (Å²) in [6, 6.07) is 1.13. The third-order valence-corrected chi connectivity index (χ3v) is 2.57. The van der Waals surface area contributed by atoms with Crippen LogP contribution in [0.2, 0.25) is 5.02 Å². The molecule has 1 N–H and O–H groups in total. The van der Waals surface area contributed by atoms with Gasteiger partial charge in [-0.1, -0.05) is 23.8 Å². The molecule has 1 aromatic rings. The molecular formula is C11H10ClFN2O. The Morgan fingerprint density at radius 2 is 2.19 bits per heavy atom. The van der Waals surface area contributed by atoms with Gasteiger partial charge in [0.2, 0.25) is 0 Å². The van der Waals surface area contributed by atoms with Crippen molar-refractivity contribution in [2.45, 2.75) is 18.9 Å². The second kappa shape index (κ2) is 4.61. The van der Waals surface area contributed by atoms with Gasteiger partial charge in [0.25, 0.3) is 5.91 Å². The molecule has 0 aliphatic heterocycles. The molecule has 1 aliphatic carbocycles. The van der Waals surface area contributed by atoms with Crippen LogP contribution >= 0.6 is 11.6 Å². The first kappa shape index (κ1) is 11.1. The largest absolute Gasteiger partial charge is 0.347 e. The summed E-state index contributed by atoms with van der Waals surface area (Å²) in [7, 11) is 0. The first-order valence-corrected chi connectivity index (χ1v) is 5.31. The number of hydrogen-bond donors (Lipinski definition) is 1. The lowest BCUT2D eigenvalue weighted by atomic mass is 10.2. The van der Waals surface area contributed by atoms with Gasteiger partial charge in [-0.05, 0) is 18.9 Å². The van der Waals surface area contributed by atoms with Crippen molar-refractivity contribution < 1.29 is 9.18 Å². The highest BCUT2D eigenvalue weighted by molar-refractivity contribution is 6.30. The Kier molecular flexibility index (Phi) is 3.19. The average Bonchev–Trinajstić information content (AvgIpc) is 2.70. The van der Waals surface area contributed by atoms with Crippen LogP contribution < -0.4 is 5.32 Å². The third kappa shape index (κ3) is 2.39. The fourth-order valence-electron chi connectivity index (χ4n) is 1.57. The summed E-state index contributed by atoms with van der Waals surface area (Å²) in [5.74, 6) is -1.20. The van der Waals surface area contributed by atoms with Crippen molar-refractivity contribution in [2.24, 2.45) is 0 Å². The summed E-state index contributed by atoms with van der Waals surface area (Å²) in [4.78, 5) is 15.3. The molecule has 0 spiro atoms. The normalized spacial score (nSPS) is 15.4. The maximum Gasteiger partial charge on any atom is 0.273 e. The summed E-state index contributed by atoms with van der Waals surface area (Å²) < 4.78 is 13.4. The van der Waals surface area contributed by atoms with Crippen molar-refractivity contribution in [1.82, 2.24) is 10.3 Å². The number of halogens is 2. The smallest absolute Gasteiger partial charge is 0.273 e. The summed E-state index contributed by atoms with van der Waals surface area (Å²) in [6.45, 7) is 0. The van der Waals surface area contributed by atoms with Crippen LogP contribution in [0.4, 0.5) is 4.39 Å². The van der Waals surface area contributed by atoms with Crippen LogP contribution in [0.15, 0.2) is 24.4 Å². The van der Waals surface area contributed by atoms with E-state index >= 15 is 0 Å². The predicted molar refractivity (Wildman–Crippen MR) is 58.8 cm³/mol. The molecule has 0 fully saturated rings. The Morgan fingerprint density at radius 3 is 2.81 bits per heavy atom. The van der Waals surface area contributed by atoms with Gasteiger partial charge in [-0.25, -0.2) is 9.37 Å². The summed E-state index contributed by atoms with van der Waals surface area (Å²) >= 11 is 5.55. The van der Waals surface area contributed by atoms with E-state index in [9.17, 15) is 9.18 Å². The Hall–Kier alpha value is -1.42. The van der Waals surface area contributed by atoms with Crippen LogP contribution in [0.3, 0.4) is 0 Å². The summed E-state index contributed by atoms with van der Waals surface area (Å²) in [5, 5.41) is 2.89. The Labute approximate surface area is 97.3 Å². The lowest BCUT2D eigenvalue weighted by Gasteiger charge is -2.11. The molecule has 0 unspecified atom stereocenters. The number of carbonyl (C=O) groups is 1. The molecule has 0 saturated carbocycles. The first-order chi connectivity index (χ1) is 7.66. The van der Waals surface area contributed by atoms with Crippen LogP contribution in [-0.2, 0) is 0 Å². The fraction of sp³-hybridized carbons (Fsp3) is 0.273. The zero-order valence-corrected chi connectivity index (χ0v) is 9.17. The maximum absolute atomic E-state index is 13.4. The number of aromatic nitrogens is 1. The van der Waals surface area contributed by atoms with Crippen LogP contribution in [0.5, 0.6) is 0 Å². The Balaban J connectivity index is 2.08. The first-order valence-electron chi connectivity index (χ1n) is 4.93. The minimum Gasteiger partial charge on any atom is -0.347 e. The van der Waals surface area contributed by atoms with Crippen LogP contribution in [0.25, 0.3) is 0 Å². The van der Waals surface area contributed by atoms with Crippen LogP contribution in [-0.4, -0.2) is 16.9 Å². The van der Waals surface area contributed by atoms with E-state index in [0.717, 1.165) is 18.9 Å². The molecule has 0 atom stereocenters. The van der Waals surface area contributed by atoms with E-state index in [-0.39, 0.29) is 16.8 Å². The van der Waals surface area contributed by atoms with Gasteiger partial charge in [0, 0.05) is 12.2 Å². The zero-order chi connectivity index (χ0) is 11.5. The van der Waals surface area contributed by atoms with Gasteiger partial charge in [-0.2, -0.15) is 0 Å². The number of hydrogen-bond acceptors (Lipinski definition) is 2. The van der Waals surface area contributed by atoms with Gasteiger partial charge in [-0.15, -0.1) is 0 Å². The molecule has 1 amide bonds. The fourth-order valence-corrected chi connectivity index (χ4v) is 1.72. The van der Waals surface area contributed by atoms with E-state index in [2.05, 4.69) is 10.3 Å². The second-order valence-electron chi connectivity index (χ2n) is 3.60. The van der Waals surface area contributed by atoms with Gasteiger partial charge >= 0.3 is 0 Å². The van der Waals surface area contributed by atoms with Crippen molar-refractivity contribution in [3.8, 4) is 0 Å². The van der Waals surface area contributed by atoms with Crippen molar-refractivity contribution in [3.05, 3.63) is 40.9 Å². The average molecular weight is 241 g/mol. The number of carbonyl (C=O) groups excluding carboxylic acids is 1. The van der Waals surface area contributed by atoms with Gasteiger partial charge in [0.05, 0.1) is 5.02 Å². The van der Waals surface area contributed by atoms with E-state index in [1.165, 1.54) is 6.20 Å². The highest BCUT2D eigenvalue weighted by Gasteiger charge is 2.18. The molecule has 16 heavy (non-hydrogen) atoms. The molecule has 3 nitrogen and oxygen atoms in total. The van der Waals surface area contributed by atoms with Gasteiger partial charge in [0.1, 0.15) is 0 Å². The lowest BCUT2D eigenvalue weighted by molar-refractivity contribution is 0.0929. The van der Waals surface area contributed by atoms with E-state index in [4.69, 9.17) is 11.6 Å². The highest BCUT2D eigenvalue weighted by Crippen LogP contribution is 2.13. The topological polar surface area (TPSA) is 42.0 Å². The lowest BCUT2D eigenvalue weighted by Crippen LogP contribution is -2.34. The second-order valence-corrected chi connectivity index (χ2v) is 4.03. The van der Waals surface area contributed by atoms with Gasteiger partial charge in [-0.3, -0.25) is 4.79 Å². The SMILES string of the molecule is O=C(NC1CC=CC1)c1ncc(Cl)cc1F. The molecule has 0 saturated heterocycles. The number of pyridine rings is 1. The number of nitrogens with one attached hydrogen (secondary N) is 1. The highest BCUT2D eigenvalue weighted by atomic mass is 35.5. The van der Waals surface area contributed by atoms with Crippen LogP contribution in [0.1, 0.15) is 23.3 Å². The summed E-state index contributed by atoms with van der Waals surface area (Å²) in [5.41, 5.74) is -0.212. The molecule has 2 rings (SSSR count). The van der Waals surface area contributed by atoms with Crippen molar-refractivity contribution in [2.75, 3.05) is 0 Å². The Morgan fingerprint density at radius 1 is 1.50 bits per heavy atom. The molecule has 0 radical (unpaired) electrons. The van der Waals surface area contributed by atoms with E-state index in [1.54, 1.807) is 0 Å². The quantitative estimate of drug-likeness (QED) is 0.806. The standard InChI is InChI=1S/C11H10ClFN2O/c12-7-5-9(13)10(14-6-7)11(16)15-8-3-1-2-4-8/h1-2,5-6,8H,3-4H2,(H,15,16). The Bertz CT molecular complexity index is 440. The van der Waals surface area contributed by atoms with Crippen molar-refractivity contribution >= 4 is 17.5 Å². The van der Waals surface area contributed by atoms with E-state index < -0.39 is 11.7 Å². The van der Waals surface area contributed by atoms with Gasteiger partial charge in [0.15, 0.2) is 11.5 Å². The van der Waals surface area contributed by atoms with Crippen LogP contribution in [0, 0.1) is 5.82 Å². The molecule has 0 aromatic carbocycles. The molecule has 1 aliphatic rings. The minimum absolute atomic E-state index is 0.0457. The number of rotatable bonds is 2. The molecule has 5 heteroatoms. The third-order valence-electron chi connectivity index (χ3n) is 2.37. The molecule has 1 aromatic heterocycles. The molecule has 84 valence electrons. The molecule has 0 bridgehead atoms. The predicted octanol–water partition coefficient (Wildman–Crippen LogP) is 2.32. The maximum atomic E-state index is 13.4. The monoisotopic (exact) mass is 240 g/mol. The van der Waals surface area contributed by atoms with Gasteiger partial charge < -0.3 is 5.32 Å². The van der Waals surface area contributed by atoms with E-state index in [1.807, 2.05) is 12.2 Å². The molecule has 1 heterocycles. The summed E-state index contributed by atoms with van der Waals surface area (Å²) in [6.07, 6.45) is 6.78.